The molecular weight excluding hydrogens is 215 g/mol. The van der Waals surface area contributed by atoms with E-state index in [4.69, 9.17) is 0 Å². The lowest BCUT2D eigenvalue weighted by Gasteiger charge is -2.67. The van der Waals surface area contributed by atoms with Crippen LogP contribution in [0.3, 0.4) is 0 Å². The standard InChI is InChI=1S/C14H17FN2/c15-11-3-1-10(2-4-11)9-16-14-7-12-5-6-13(8-14)17(12)14/h1-4,12-13,16H,5-9H2/t12-,13+,14+. The van der Waals surface area contributed by atoms with Gasteiger partial charge < -0.3 is 0 Å². The van der Waals surface area contributed by atoms with Crippen molar-refractivity contribution in [1.29, 1.82) is 0 Å². The first kappa shape index (κ1) is 10.0. The van der Waals surface area contributed by atoms with Crippen molar-refractivity contribution in [2.24, 2.45) is 0 Å². The van der Waals surface area contributed by atoms with E-state index in [2.05, 4.69) is 10.2 Å². The molecule has 0 saturated carbocycles. The molecule has 3 saturated heterocycles. The summed E-state index contributed by atoms with van der Waals surface area (Å²) in [7, 11) is 0. The van der Waals surface area contributed by atoms with E-state index in [1.165, 1.54) is 43.4 Å². The van der Waals surface area contributed by atoms with Crippen molar-refractivity contribution in [2.75, 3.05) is 0 Å². The van der Waals surface area contributed by atoms with E-state index in [1.807, 2.05) is 12.1 Å². The van der Waals surface area contributed by atoms with Crippen LogP contribution in [0.25, 0.3) is 0 Å². The van der Waals surface area contributed by atoms with Crippen LogP contribution in [-0.4, -0.2) is 22.6 Å². The molecule has 3 heterocycles. The molecule has 1 aromatic rings. The second-order valence-corrected chi connectivity index (χ2v) is 5.71. The van der Waals surface area contributed by atoms with E-state index in [-0.39, 0.29) is 5.82 Å². The number of hydrogen-bond donors (Lipinski definition) is 1. The summed E-state index contributed by atoms with van der Waals surface area (Å²) in [5, 5.41) is 3.67. The minimum atomic E-state index is -0.154. The Labute approximate surface area is 101 Å². The molecule has 90 valence electrons. The summed E-state index contributed by atoms with van der Waals surface area (Å²) >= 11 is 0. The Bertz CT molecular complexity index is 428. The Kier molecular flexibility index (Phi) is 1.95. The molecule has 3 aliphatic heterocycles. The molecule has 1 aromatic carbocycles. The molecule has 3 aliphatic rings. The lowest BCUT2D eigenvalue weighted by Crippen LogP contribution is -2.80. The number of nitrogens with one attached hydrogen (secondary N) is 1. The van der Waals surface area contributed by atoms with Crippen molar-refractivity contribution < 1.29 is 4.39 Å². The lowest BCUT2D eigenvalue weighted by molar-refractivity contribution is -0.185. The third-order valence-corrected chi connectivity index (χ3v) is 4.80. The van der Waals surface area contributed by atoms with Crippen molar-refractivity contribution in [3.63, 3.8) is 0 Å². The first-order valence-corrected chi connectivity index (χ1v) is 6.55. The van der Waals surface area contributed by atoms with Gasteiger partial charge in [-0.25, -0.2) is 4.39 Å². The molecule has 0 spiro atoms. The van der Waals surface area contributed by atoms with Gasteiger partial charge in [-0.2, -0.15) is 0 Å². The summed E-state index contributed by atoms with van der Waals surface area (Å²) in [4.78, 5) is 2.66. The van der Waals surface area contributed by atoms with E-state index in [0.29, 0.717) is 5.66 Å². The predicted molar refractivity (Wildman–Crippen MR) is 63.9 cm³/mol. The van der Waals surface area contributed by atoms with Crippen LogP contribution < -0.4 is 5.32 Å². The van der Waals surface area contributed by atoms with Crippen LogP contribution >= 0.6 is 0 Å². The summed E-state index contributed by atoms with van der Waals surface area (Å²) in [6.07, 6.45) is 5.41. The maximum atomic E-state index is 12.8. The molecule has 0 unspecified atom stereocenters. The smallest absolute Gasteiger partial charge is 0.123 e. The summed E-state index contributed by atoms with van der Waals surface area (Å²) in [5.74, 6) is -0.154. The van der Waals surface area contributed by atoms with Gasteiger partial charge in [0.25, 0.3) is 0 Å². The normalized spacial score (nSPS) is 38.4. The van der Waals surface area contributed by atoms with Gasteiger partial charge in [-0.15, -0.1) is 0 Å². The largest absolute Gasteiger partial charge is 0.295 e. The zero-order valence-corrected chi connectivity index (χ0v) is 9.82. The topological polar surface area (TPSA) is 15.3 Å². The molecule has 0 amide bonds. The van der Waals surface area contributed by atoms with Gasteiger partial charge in [0.1, 0.15) is 5.82 Å². The summed E-state index contributed by atoms with van der Waals surface area (Å²) in [6.45, 7) is 0.857. The highest BCUT2D eigenvalue weighted by molar-refractivity contribution is 5.22. The highest BCUT2D eigenvalue weighted by atomic mass is 19.1. The molecule has 0 aliphatic carbocycles. The monoisotopic (exact) mass is 232 g/mol. The average Bonchev–Trinajstić information content (AvgIpc) is 2.48. The van der Waals surface area contributed by atoms with Crippen LogP contribution in [0.1, 0.15) is 31.2 Å². The van der Waals surface area contributed by atoms with Gasteiger partial charge in [0, 0.05) is 18.6 Å². The van der Waals surface area contributed by atoms with Gasteiger partial charge >= 0.3 is 0 Å². The lowest BCUT2D eigenvalue weighted by atomic mass is 9.75. The number of hydrogen-bond acceptors (Lipinski definition) is 2. The molecule has 0 aromatic heterocycles. The summed E-state index contributed by atoms with van der Waals surface area (Å²) < 4.78 is 12.8. The van der Waals surface area contributed by atoms with Gasteiger partial charge in [0.2, 0.25) is 0 Å². The third-order valence-electron chi connectivity index (χ3n) is 4.80. The molecule has 0 radical (unpaired) electrons. The fourth-order valence-corrected chi connectivity index (χ4v) is 4.01. The van der Waals surface area contributed by atoms with E-state index in [1.54, 1.807) is 0 Å². The average molecular weight is 232 g/mol. The highest BCUT2D eigenvalue weighted by Crippen LogP contribution is 2.56. The van der Waals surface area contributed by atoms with E-state index < -0.39 is 0 Å². The molecule has 3 fully saturated rings. The van der Waals surface area contributed by atoms with Crippen molar-refractivity contribution in [3.8, 4) is 0 Å². The zero-order chi connectivity index (χ0) is 11.5. The maximum Gasteiger partial charge on any atom is 0.123 e. The minimum absolute atomic E-state index is 0.154. The fraction of sp³-hybridized carbons (Fsp3) is 0.571. The van der Waals surface area contributed by atoms with E-state index in [9.17, 15) is 4.39 Å². The highest BCUT2D eigenvalue weighted by Gasteiger charge is 2.65. The van der Waals surface area contributed by atoms with Crippen molar-refractivity contribution in [1.82, 2.24) is 10.2 Å². The number of benzene rings is 1. The quantitative estimate of drug-likeness (QED) is 0.860. The van der Waals surface area contributed by atoms with E-state index in [0.717, 1.165) is 18.6 Å². The van der Waals surface area contributed by atoms with Gasteiger partial charge in [-0.1, -0.05) is 12.1 Å². The van der Waals surface area contributed by atoms with Crippen LogP contribution in [0, 0.1) is 5.82 Å². The van der Waals surface area contributed by atoms with Crippen molar-refractivity contribution in [2.45, 2.75) is 50.0 Å². The van der Waals surface area contributed by atoms with Crippen molar-refractivity contribution in [3.05, 3.63) is 35.6 Å². The molecule has 3 heteroatoms. The molecule has 0 bridgehead atoms. The molecule has 4 rings (SSSR count). The Morgan fingerprint density at radius 1 is 1.18 bits per heavy atom. The van der Waals surface area contributed by atoms with Gasteiger partial charge in [0.05, 0.1) is 5.66 Å². The zero-order valence-electron chi connectivity index (χ0n) is 9.82. The molecule has 17 heavy (non-hydrogen) atoms. The third kappa shape index (κ3) is 1.33. The minimum Gasteiger partial charge on any atom is -0.295 e. The maximum absolute atomic E-state index is 12.8. The number of nitrogens with zero attached hydrogens (tertiary/aromatic N) is 1. The Balaban J connectivity index is 1.41. The second-order valence-electron chi connectivity index (χ2n) is 5.71. The van der Waals surface area contributed by atoms with Crippen LogP contribution in [0.2, 0.25) is 0 Å². The number of halogens is 1. The SMILES string of the molecule is Fc1ccc(CN[C@]23C[C@H]4CC[C@@H](C2)N43)cc1. The number of rotatable bonds is 3. The predicted octanol–water partition coefficient (Wildman–Crippen LogP) is 2.25. The first-order chi connectivity index (χ1) is 8.27. The van der Waals surface area contributed by atoms with Gasteiger partial charge in [0.15, 0.2) is 0 Å². The van der Waals surface area contributed by atoms with Crippen LogP contribution in [0.5, 0.6) is 0 Å². The van der Waals surface area contributed by atoms with Crippen LogP contribution in [0.15, 0.2) is 24.3 Å². The number of piperidine rings is 1. The Hall–Kier alpha value is -0.930. The second kappa shape index (κ2) is 3.30. The van der Waals surface area contributed by atoms with Crippen molar-refractivity contribution >= 4 is 0 Å². The first-order valence-electron chi connectivity index (χ1n) is 6.55. The molecular formula is C14H17FN2. The van der Waals surface area contributed by atoms with Crippen LogP contribution in [0.4, 0.5) is 4.39 Å². The molecule has 3 atom stereocenters. The van der Waals surface area contributed by atoms with Gasteiger partial charge in [-0.3, -0.25) is 10.2 Å². The molecule has 1 N–H and O–H groups in total. The summed E-state index contributed by atoms with van der Waals surface area (Å²) in [6, 6.07) is 8.53. The fourth-order valence-electron chi connectivity index (χ4n) is 4.01. The molecule has 2 nitrogen and oxygen atoms in total. The van der Waals surface area contributed by atoms with Gasteiger partial charge in [-0.05, 0) is 43.4 Å². The summed E-state index contributed by atoms with van der Waals surface area (Å²) in [5.41, 5.74) is 1.48. The van der Waals surface area contributed by atoms with Crippen LogP contribution in [-0.2, 0) is 6.54 Å². The Morgan fingerprint density at radius 3 is 2.47 bits per heavy atom. The van der Waals surface area contributed by atoms with E-state index >= 15 is 0 Å². The Morgan fingerprint density at radius 2 is 1.82 bits per heavy atom.